The number of carbonyl (C=O) groups excluding carboxylic acids is 1. The number of halogens is 1. The van der Waals surface area contributed by atoms with E-state index in [4.69, 9.17) is 11.6 Å². The molecule has 3 rings (SSSR count). The molecule has 0 radical (unpaired) electrons. The van der Waals surface area contributed by atoms with Gasteiger partial charge in [0.25, 0.3) is 5.91 Å². The number of thioether (sulfide) groups is 1. The van der Waals surface area contributed by atoms with Crippen molar-refractivity contribution in [3.05, 3.63) is 63.4 Å². The van der Waals surface area contributed by atoms with Crippen LogP contribution in [0.3, 0.4) is 0 Å². The first-order valence-electron chi connectivity index (χ1n) is 6.87. The van der Waals surface area contributed by atoms with Gasteiger partial charge >= 0.3 is 0 Å². The van der Waals surface area contributed by atoms with Gasteiger partial charge in [-0.3, -0.25) is 4.79 Å². The third-order valence-electron chi connectivity index (χ3n) is 3.18. The van der Waals surface area contributed by atoms with Crippen LogP contribution in [0.2, 0.25) is 5.02 Å². The van der Waals surface area contributed by atoms with Crippen molar-refractivity contribution < 1.29 is 4.79 Å². The lowest BCUT2D eigenvalue weighted by Crippen LogP contribution is -2.10. The van der Waals surface area contributed by atoms with Crippen LogP contribution in [-0.4, -0.2) is 21.7 Å². The molecular formula is C16H14ClN3OS2. The van der Waals surface area contributed by atoms with E-state index in [0.29, 0.717) is 22.3 Å². The highest BCUT2D eigenvalue weighted by Gasteiger charge is 2.15. The number of carbonyl (C=O) groups is 1. The van der Waals surface area contributed by atoms with Gasteiger partial charge in [0.1, 0.15) is 4.88 Å². The van der Waals surface area contributed by atoms with Gasteiger partial charge in [0.05, 0.1) is 5.02 Å². The van der Waals surface area contributed by atoms with Crippen molar-refractivity contribution in [1.29, 1.82) is 0 Å². The van der Waals surface area contributed by atoms with E-state index in [-0.39, 0.29) is 5.91 Å². The van der Waals surface area contributed by atoms with Gasteiger partial charge in [-0.05, 0) is 23.3 Å². The molecule has 3 aromatic rings. The molecule has 0 aliphatic carbocycles. The first-order chi connectivity index (χ1) is 11.2. The van der Waals surface area contributed by atoms with Gasteiger partial charge in [-0.15, -0.1) is 11.3 Å². The SMILES string of the molecule is CSc1nc(NC(=O)c2sccc2Cl)cn1Cc1ccccc1. The van der Waals surface area contributed by atoms with Crippen LogP contribution in [0.1, 0.15) is 15.2 Å². The average Bonchev–Trinajstić information content (AvgIpc) is 3.14. The van der Waals surface area contributed by atoms with Gasteiger partial charge in [0.2, 0.25) is 0 Å². The zero-order valence-electron chi connectivity index (χ0n) is 12.3. The summed E-state index contributed by atoms with van der Waals surface area (Å²) in [5.74, 6) is 0.293. The maximum Gasteiger partial charge on any atom is 0.268 e. The number of amides is 1. The van der Waals surface area contributed by atoms with Crippen LogP contribution in [0.5, 0.6) is 0 Å². The second-order valence-corrected chi connectivity index (χ2v) is 6.87. The van der Waals surface area contributed by atoms with Gasteiger partial charge in [0, 0.05) is 12.7 Å². The lowest BCUT2D eigenvalue weighted by molar-refractivity contribution is 0.103. The highest BCUT2D eigenvalue weighted by atomic mass is 35.5. The van der Waals surface area contributed by atoms with Crippen LogP contribution in [-0.2, 0) is 6.54 Å². The summed E-state index contributed by atoms with van der Waals surface area (Å²) in [7, 11) is 0. The predicted molar refractivity (Wildman–Crippen MR) is 96.8 cm³/mol. The number of benzene rings is 1. The number of nitrogens with zero attached hydrogens (tertiary/aromatic N) is 2. The van der Waals surface area contributed by atoms with Crippen molar-refractivity contribution in [2.75, 3.05) is 11.6 Å². The second-order valence-electron chi connectivity index (χ2n) is 4.78. The van der Waals surface area contributed by atoms with Crippen molar-refractivity contribution >= 4 is 46.4 Å². The Morgan fingerprint density at radius 2 is 2.13 bits per heavy atom. The minimum atomic E-state index is -0.234. The summed E-state index contributed by atoms with van der Waals surface area (Å²) in [4.78, 5) is 17.2. The van der Waals surface area contributed by atoms with Crippen LogP contribution >= 0.6 is 34.7 Å². The number of nitrogens with one attached hydrogen (secondary N) is 1. The first kappa shape index (κ1) is 16.1. The smallest absolute Gasteiger partial charge is 0.268 e. The lowest BCUT2D eigenvalue weighted by Gasteiger charge is -2.05. The summed E-state index contributed by atoms with van der Waals surface area (Å²) in [6, 6.07) is 11.8. The molecule has 0 fully saturated rings. The molecule has 0 spiro atoms. The normalized spacial score (nSPS) is 10.7. The van der Waals surface area contributed by atoms with Crippen LogP contribution in [0.25, 0.3) is 0 Å². The summed E-state index contributed by atoms with van der Waals surface area (Å²) >= 11 is 8.84. The van der Waals surface area contributed by atoms with Crippen molar-refractivity contribution in [3.8, 4) is 0 Å². The third kappa shape index (κ3) is 3.77. The van der Waals surface area contributed by atoms with E-state index in [2.05, 4.69) is 22.4 Å². The van der Waals surface area contributed by atoms with E-state index in [0.717, 1.165) is 5.16 Å². The van der Waals surface area contributed by atoms with Crippen LogP contribution in [0.4, 0.5) is 5.82 Å². The summed E-state index contributed by atoms with van der Waals surface area (Å²) in [6.45, 7) is 0.708. The minimum Gasteiger partial charge on any atom is -0.319 e. The number of thiophene rings is 1. The molecule has 1 amide bonds. The Hall–Kier alpha value is -1.76. The molecule has 0 aliphatic heterocycles. The van der Waals surface area contributed by atoms with Gasteiger partial charge in [-0.25, -0.2) is 4.98 Å². The zero-order chi connectivity index (χ0) is 16.2. The molecule has 0 atom stereocenters. The number of hydrogen-bond donors (Lipinski definition) is 1. The Morgan fingerprint density at radius 3 is 2.78 bits per heavy atom. The third-order valence-corrected chi connectivity index (χ3v) is 5.21. The van der Waals surface area contributed by atoms with Gasteiger partial charge in [0.15, 0.2) is 11.0 Å². The fourth-order valence-electron chi connectivity index (χ4n) is 2.14. The summed E-state index contributed by atoms with van der Waals surface area (Å²) in [5, 5.41) is 5.91. The predicted octanol–water partition coefficient (Wildman–Crippen LogP) is 4.62. The number of hydrogen-bond acceptors (Lipinski definition) is 4. The van der Waals surface area contributed by atoms with E-state index in [1.165, 1.54) is 16.9 Å². The Morgan fingerprint density at radius 1 is 1.35 bits per heavy atom. The molecule has 0 unspecified atom stereocenters. The van der Waals surface area contributed by atoms with Crippen molar-refractivity contribution in [2.45, 2.75) is 11.7 Å². The summed E-state index contributed by atoms with van der Waals surface area (Å²) in [6.07, 6.45) is 3.81. The molecular weight excluding hydrogens is 350 g/mol. The Kier molecular flexibility index (Phi) is 5.05. The molecule has 1 aromatic carbocycles. The molecule has 0 saturated heterocycles. The van der Waals surface area contributed by atoms with Crippen molar-refractivity contribution in [3.63, 3.8) is 0 Å². The molecule has 2 heterocycles. The fraction of sp³-hybridized carbons (Fsp3) is 0.125. The fourth-order valence-corrected chi connectivity index (χ4v) is 3.72. The van der Waals surface area contributed by atoms with E-state index in [1.807, 2.05) is 35.2 Å². The zero-order valence-corrected chi connectivity index (χ0v) is 14.7. The molecule has 2 aromatic heterocycles. The summed E-state index contributed by atoms with van der Waals surface area (Å²) < 4.78 is 2.02. The number of aromatic nitrogens is 2. The second kappa shape index (κ2) is 7.21. The molecule has 0 bridgehead atoms. The van der Waals surface area contributed by atoms with E-state index in [9.17, 15) is 4.79 Å². The molecule has 4 nitrogen and oxygen atoms in total. The first-order valence-corrected chi connectivity index (χ1v) is 9.35. The lowest BCUT2D eigenvalue weighted by atomic mass is 10.2. The Labute approximate surface area is 147 Å². The van der Waals surface area contributed by atoms with Crippen molar-refractivity contribution in [1.82, 2.24) is 9.55 Å². The van der Waals surface area contributed by atoms with E-state index >= 15 is 0 Å². The Balaban J connectivity index is 1.79. The van der Waals surface area contributed by atoms with Crippen LogP contribution in [0, 0.1) is 0 Å². The van der Waals surface area contributed by atoms with Crippen molar-refractivity contribution in [2.24, 2.45) is 0 Å². The molecule has 118 valence electrons. The molecule has 23 heavy (non-hydrogen) atoms. The maximum atomic E-state index is 12.2. The minimum absolute atomic E-state index is 0.234. The maximum absolute atomic E-state index is 12.2. The largest absolute Gasteiger partial charge is 0.319 e. The highest BCUT2D eigenvalue weighted by Crippen LogP contribution is 2.24. The molecule has 0 saturated carbocycles. The molecule has 1 N–H and O–H groups in total. The topological polar surface area (TPSA) is 46.9 Å². The van der Waals surface area contributed by atoms with E-state index < -0.39 is 0 Å². The van der Waals surface area contributed by atoms with Gasteiger partial charge in [-0.1, -0.05) is 53.7 Å². The number of anilines is 1. The van der Waals surface area contributed by atoms with Crippen LogP contribution in [0.15, 0.2) is 53.1 Å². The molecule has 0 aliphatic rings. The van der Waals surface area contributed by atoms with Gasteiger partial charge < -0.3 is 9.88 Å². The quantitative estimate of drug-likeness (QED) is 0.673. The summed E-state index contributed by atoms with van der Waals surface area (Å²) in [5.41, 5.74) is 1.18. The standard InChI is InChI=1S/C16H14ClN3OS2/c1-22-16-19-13(18-15(21)14-12(17)7-8-23-14)10-20(16)9-11-5-3-2-4-6-11/h2-8,10H,9H2,1H3,(H,18,21). The number of rotatable bonds is 5. The van der Waals surface area contributed by atoms with Gasteiger partial charge in [-0.2, -0.15) is 0 Å². The number of imidazole rings is 1. The highest BCUT2D eigenvalue weighted by molar-refractivity contribution is 7.98. The van der Waals surface area contributed by atoms with E-state index in [1.54, 1.807) is 23.2 Å². The monoisotopic (exact) mass is 363 g/mol. The Bertz CT molecular complexity index is 814. The average molecular weight is 364 g/mol. The van der Waals surface area contributed by atoms with Crippen LogP contribution < -0.4 is 5.32 Å². The molecule has 7 heteroatoms.